The van der Waals surface area contributed by atoms with Gasteiger partial charge < -0.3 is 19.2 Å². The highest BCUT2D eigenvalue weighted by molar-refractivity contribution is 5.10. The van der Waals surface area contributed by atoms with E-state index in [0.717, 1.165) is 43.9 Å². The highest BCUT2D eigenvalue weighted by Gasteiger charge is 2.19. The molecular weight excluding hydrogens is 266 g/mol. The van der Waals surface area contributed by atoms with Gasteiger partial charge in [-0.2, -0.15) is 0 Å². The summed E-state index contributed by atoms with van der Waals surface area (Å²) in [5.41, 5.74) is 0. The van der Waals surface area contributed by atoms with Crippen LogP contribution in [0.4, 0.5) is 0 Å². The van der Waals surface area contributed by atoms with E-state index in [0.29, 0.717) is 12.7 Å². The molecule has 4 heteroatoms. The molecule has 0 radical (unpaired) electrons. The molecule has 0 spiro atoms. The lowest BCUT2D eigenvalue weighted by atomic mass is 10.0. The Hall–Kier alpha value is -0.840. The van der Waals surface area contributed by atoms with Crippen LogP contribution in [0.25, 0.3) is 0 Å². The van der Waals surface area contributed by atoms with Gasteiger partial charge in [0.2, 0.25) is 0 Å². The Labute approximate surface area is 128 Å². The van der Waals surface area contributed by atoms with Crippen molar-refractivity contribution in [1.82, 2.24) is 5.32 Å². The molecule has 120 valence electrons. The summed E-state index contributed by atoms with van der Waals surface area (Å²) in [6.07, 6.45) is 7.43. The summed E-state index contributed by atoms with van der Waals surface area (Å²) in [6.45, 7) is 4.66. The topological polar surface area (TPSA) is 43.6 Å². The van der Waals surface area contributed by atoms with Crippen molar-refractivity contribution in [2.24, 2.45) is 0 Å². The zero-order valence-electron chi connectivity index (χ0n) is 13.4. The largest absolute Gasteiger partial charge is 0.462 e. The summed E-state index contributed by atoms with van der Waals surface area (Å²) in [5.74, 6) is 1.91. The molecule has 1 aliphatic rings. The minimum absolute atomic E-state index is 0.279. The van der Waals surface area contributed by atoms with Crippen molar-refractivity contribution in [3.8, 4) is 0 Å². The molecule has 2 atom stereocenters. The summed E-state index contributed by atoms with van der Waals surface area (Å²) in [6, 6.07) is 4.36. The fraction of sp³-hybridized carbons (Fsp3) is 0.765. The molecule has 0 aromatic carbocycles. The van der Waals surface area contributed by atoms with Gasteiger partial charge in [0.1, 0.15) is 18.1 Å². The maximum atomic E-state index is 5.89. The number of hydrogen-bond acceptors (Lipinski definition) is 4. The smallest absolute Gasteiger partial charge is 0.129 e. The standard InChI is InChI=1S/C17H29NO3/c1-3-11-18-16(9-7-14-6-4-5-12-20-14)17-10-8-15(21-17)13-19-2/h8,10,14,16,18H,3-7,9,11-13H2,1-2H3. The Morgan fingerprint density at radius 1 is 1.38 bits per heavy atom. The Morgan fingerprint density at radius 2 is 2.29 bits per heavy atom. The second-order valence-corrected chi connectivity index (χ2v) is 5.81. The fourth-order valence-electron chi connectivity index (χ4n) is 2.85. The summed E-state index contributed by atoms with van der Waals surface area (Å²) >= 11 is 0. The number of methoxy groups -OCH3 is 1. The lowest BCUT2D eigenvalue weighted by Gasteiger charge is -2.24. The van der Waals surface area contributed by atoms with Gasteiger partial charge in [-0.15, -0.1) is 0 Å². The Kier molecular flexibility index (Phi) is 7.27. The van der Waals surface area contributed by atoms with Crippen LogP contribution in [-0.2, 0) is 16.1 Å². The Balaban J connectivity index is 1.88. The molecule has 0 bridgehead atoms. The second-order valence-electron chi connectivity index (χ2n) is 5.81. The highest BCUT2D eigenvalue weighted by atomic mass is 16.5. The molecule has 1 aromatic heterocycles. The summed E-state index contributed by atoms with van der Waals surface area (Å²) < 4.78 is 16.9. The van der Waals surface area contributed by atoms with Crippen LogP contribution in [0.3, 0.4) is 0 Å². The van der Waals surface area contributed by atoms with Gasteiger partial charge in [-0.05, 0) is 57.2 Å². The van der Waals surface area contributed by atoms with Crippen molar-refractivity contribution < 1.29 is 13.9 Å². The van der Waals surface area contributed by atoms with E-state index >= 15 is 0 Å². The van der Waals surface area contributed by atoms with E-state index in [4.69, 9.17) is 13.9 Å². The minimum Gasteiger partial charge on any atom is -0.462 e. The third-order valence-corrected chi connectivity index (χ3v) is 4.00. The minimum atomic E-state index is 0.279. The van der Waals surface area contributed by atoms with Crippen LogP contribution < -0.4 is 5.32 Å². The summed E-state index contributed by atoms with van der Waals surface area (Å²) in [4.78, 5) is 0. The molecule has 1 aliphatic heterocycles. The Morgan fingerprint density at radius 3 is 3.00 bits per heavy atom. The lowest BCUT2D eigenvalue weighted by molar-refractivity contribution is 0.00816. The highest BCUT2D eigenvalue weighted by Crippen LogP contribution is 2.25. The van der Waals surface area contributed by atoms with E-state index in [1.807, 2.05) is 6.07 Å². The van der Waals surface area contributed by atoms with Gasteiger partial charge in [-0.3, -0.25) is 0 Å². The molecule has 21 heavy (non-hydrogen) atoms. The number of furan rings is 1. The van der Waals surface area contributed by atoms with Crippen LogP contribution in [0.15, 0.2) is 16.5 Å². The first kappa shape index (κ1) is 16.5. The van der Waals surface area contributed by atoms with Crippen molar-refractivity contribution in [1.29, 1.82) is 0 Å². The average Bonchev–Trinajstić information content (AvgIpc) is 2.97. The number of hydrogen-bond donors (Lipinski definition) is 1. The van der Waals surface area contributed by atoms with Crippen molar-refractivity contribution >= 4 is 0 Å². The molecule has 0 saturated carbocycles. The van der Waals surface area contributed by atoms with Crippen molar-refractivity contribution in [3.05, 3.63) is 23.7 Å². The van der Waals surface area contributed by atoms with E-state index in [-0.39, 0.29) is 6.04 Å². The van der Waals surface area contributed by atoms with Crippen LogP contribution in [0.1, 0.15) is 63.0 Å². The number of rotatable bonds is 9. The van der Waals surface area contributed by atoms with Crippen LogP contribution in [-0.4, -0.2) is 26.4 Å². The van der Waals surface area contributed by atoms with E-state index < -0.39 is 0 Å². The molecule has 0 aliphatic carbocycles. The molecule has 2 unspecified atom stereocenters. The van der Waals surface area contributed by atoms with Crippen LogP contribution >= 0.6 is 0 Å². The molecular formula is C17H29NO3. The molecule has 1 saturated heterocycles. The van der Waals surface area contributed by atoms with Gasteiger partial charge >= 0.3 is 0 Å². The fourth-order valence-corrected chi connectivity index (χ4v) is 2.85. The van der Waals surface area contributed by atoms with Gasteiger partial charge in [-0.1, -0.05) is 6.92 Å². The number of nitrogens with one attached hydrogen (secondary N) is 1. The zero-order valence-corrected chi connectivity index (χ0v) is 13.4. The molecule has 4 nitrogen and oxygen atoms in total. The predicted molar refractivity (Wildman–Crippen MR) is 83.3 cm³/mol. The second kappa shape index (κ2) is 9.23. The predicted octanol–water partition coefficient (Wildman–Crippen LogP) is 3.82. The SMILES string of the molecule is CCCNC(CCC1CCCCO1)c1ccc(COC)o1. The third kappa shape index (κ3) is 5.46. The van der Waals surface area contributed by atoms with Crippen LogP contribution in [0, 0.1) is 0 Å². The van der Waals surface area contributed by atoms with Crippen LogP contribution in [0.2, 0.25) is 0 Å². The lowest BCUT2D eigenvalue weighted by Crippen LogP contribution is -2.25. The van der Waals surface area contributed by atoms with Crippen molar-refractivity contribution in [3.63, 3.8) is 0 Å². The van der Waals surface area contributed by atoms with E-state index in [1.54, 1.807) is 7.11 Å². The summed E-state index contributed by atoms with van der Waals surface area (Å²) in [5, 5.41) is 3.59. The molecule has 1 aromatic rings. The number of ether oxygens (including phenoxy) is 2. The monoisotopic (exact) mass is 295 g/mol. The van der Waals surface area contributed by atoms with Gasteiger partial charge in [0.05, 0.1) is 12.1 Å². The Bertz CT molecular complexity index is 385. The first-order chi connectivity index (χ1) is 10.3. The molecule has 2 rings (SSSR count). The first-order valence-corrected chi connectivity index (χ1v) is 8.26. The zero-order chi connectivity index (χ0) is 14.9. The van der Waals surface area contributed by atoms with E-state index in [9.17, 15) is 0 Å². The van der Waals surface area contributed by atoms with E-state index in [1.165, 1.54) is 19.3 Å². The van der Waals surface area contributed by atoms with E-state index in [2.05, 4.69) is 18.3 Å². The molecule has 0 amide bonds. The van der Waals surface area contributed by atoms with Crippen LogP contribution in [0.5, 0.6) is 0 Å². The first-order valence-electron chi connectivity index (χ1n) is 8.26. The normalized spacial score (nSPS) is 20.6. The summed E-state index contributed by atoms with van der Waals surface area (Å²) in [7, 11) is 1.69. The third-order valence-electron chi connectivity index (χ3n) is 4.00. The van der Waals surface area contributed by atoms with Gasteiger partial charge in [-0.25, -0.2) is 0 Å². The van der Waals surface area contributed by atoms with Crippen molar-refractivity contribution in [2.45, 2.75) is 64.2 Å². The average molecular weight is 295 g/mol. The molecule has 2 heterocycles. The van der Waals surface area contributed by atoms with Gasteiger partial charge in [0.15, 0.2) is 0 Å². The van der Waals surface area contributed by atoms with Gasteiger partial charge in [0, 0.05) is 13.7 Å². The molecule has 1 N–H and O–H groups in total. The van der Waals surface area contributed by atoms with Gasteiger partial charge in [0.25, 0.3) is 0 Å². The maximum absolute atomic E-state index is 5.89. The van der Waals surface area contributed by atoms with Crippen molar-refractivity contribution in [2.75, 3.05) is 20.3 Å². The quantitative estimate of drug-likeness (QED) is 0.752. The maximum Gasteiger partial charge on any atom is 0.129 e. The molecule has 1 fully saturated rings.